The van der Waals surface area contributed by atoms with Crippen LogP contribution in [-0.2, 0) is 10.0 Å². The number of nitro benzene ring substituents is 1. The van der Waals surface area contributed by atoms with Crippen LogP contribution in [0.4, 0.5) is 5.69 Å². The van der Waals surface area contributed by atoms with E-state index in [1.165, 1.54) is 6.07 Å². The van der Waals surface area contributed by atoms with Crippen LogP contribution in [0.1, 0.15) is 24.0 Å². The van der Waals surface area contributed by atoms with E-state index in [0.717, 1.165) is 13.1 Å². The zero-order valence-electron chi connectivity index (χ0n) is 12.0. The number of rotatable bonds is 4. The third kappa shape index (κ3) is 3.39. The molecule has 1 heterocycles. The molecule has 0 amide bonds. The van der Waals surface area contributed by atoms with Crippen molar-refractivity contribution in [3.63, 3.8) is 0 Å². The average molecular weight is 313 g/mol. The molecule has 7 nitrogen and oxygen atoms in total. The Morgan fingerprint density at radius 3 is 2.48 bits per heavy atom. The van der Waals surface area contributed by atoms with Crippen LogP contribution < -0.4 is 10.0 Å². The topological polar surface area (TPSA) is 101 Å². The van der Waals surface area contributed by atoms with Gasteiger partial charge in [-0.2, -0.15) is 0 Å². The molecular weight excluding hydrogens is 294 g/mol. The van der Waals surface area contributed by atoms with Gasteiger partial charge in [-0.25, -0.2) is 13.1 Å². The van der Waals surface area contributed by atoms with E-state index in [2.05, 4.69) is 10.0 Å². The second-order valence-corrected chi connectivity index (χ2v) is 6.91. The minimum Gasteiger partial charge on any atom is -0.317 e. The van der Waals surface area contributed by atoms with Crippen LogP contribution in [0.2, 0.25) is 0 Å². The van der Waals surface area contributed by atoms with E-state index in [0.29, 0.717) is 24.0 Å². The van der Waals surface area contributed by atoms with Crippen molar-refractivity contribution < 1.29 is 13.3 Å². The van der Waals surface area contributed by atoms with Crippen molar-refractivity contribution in [2.75, 3.05) is 13.1 Å². The summed E-state index contributed by atoms with van der Waals surface area (Å²) in [4.78, 5) is 10.3. The zero-order valence-corrected chi connectivity index (χ0v) is 12.9. The molecule has 1 saturated heterocycles. The number of hydrogen-bond donors (Lipinski definition) is 2. The zero-order chi connectivity index (χ0) is 15.6. The smallest absolute Gasteiger partial charge is 0.289 e. The Labute approximate surface area is 123 Å². The fourth-order valence-electron chi connectivity index (χ4n) is 2.48. The van der Waals surface area contributed by atoms with Gasteiger partial charge in [-0.3, -0.25) is 10.1 Å². The molecule has 0 radical (unpaired) electrons. The quantitative estimate of drug-likeness (QED) is 0.643. The number of aryl methyl sites for hydroxylation is 1. The number of piperidine rings is 1. The van der Waals surface area contributed by atoms with Gasteiger partial charge in [-0.05, 0) is 50.9 Å². The molecule has 1 aromatic carbocycles. The minimum atomic E-state index is -3.91. The van der Waals surface area contributed by atoms with Crippen LogP contribution in [0.15, 0.2) is 17.0 Å². The molecule has 0 unspecified atom stereocenters. The number of sulfonamides is 1. The Kier molecular flexibility index (Phi) is 4.60. The molecule has 1 aromatic rings. The van der Waals surface area contributed by atoms with Crippen LogP contribution in [0.25, 0.3) is 0 Å². The molecule has 0 saturated carbocycles. The standard InChI is InChI=1S/C13H19N3O4S/c1-9-3-4-12(16(17)18)13(10(9)2)21(19,20)15-11-5-7-14-8-6-11/h3-4,11,14-15H,5-8H2,1-2H3. The van der Waals surface area contributed by atoms with Gasteiger partial charge in [0.15, 0.2) is 4.90 Å². The second-order valence-electron chi connectivity index (χ2n) is 5.26. The Morgan fingerprint density at radius 2 is 1.90 bits per heavy atom. The van der Waals surface area contributed by atoms with E-state index >= 15 is 0 Å². The second kappa shape index (κ2) is 6.08. The third-order valence-corrected chi connectivity index (χ3v) is 5.48. The highest BCUT2D eigenvalue weighted by atomic mass is 32.2. The highest BCUT2D eigenvalue weighted by Gasteiger charge is 2.31. The van der Waals surface area contributed by atoms with Gasteiger partial charge in [0.2, 0.25) is 10.0 Å². The van der Waals surface area contributed by atoms with Crippen molar-refractivity contribution in [3.05, 3.63) is 33.4 Å². The monoisotopic (exact) mass is 313 g/mol. The first-order valence-corrected chi connectivity index (χ1v) is 8.29. The van der Waals surface area contributed by atoms with Gasteiger partial charge >= 0.3 is 0 Å². The molecule has 1 aliphatic rings. The highest BCUT2D eigenvalue weighted by molar-refractivity contribution is 7.89. The van der Waals surface area contributed by atoms with Crippen LogP contribution in [0.3, 0.4) is 0 Å². The summed E-state index contributed by atoms with van der Waals surface area (Å²) in [6.07, 6.45) is 1.36. The molecule has 0 atom stereocenters. The van der Waals surface area contributed by atoms with Gasteiger partial charge in [0.1, 0.15) is 0 Å². The largest absolute Gasteiger partial charge is 0.317 e. The Hall–Kier alpha value is -1.51. The van der Waals surface area contributed by atoms with Crippen molar-refractivity contribution in [1.82, 2.24) is 10.0 Å². The lowest BCUT2D eigenvalue weighted by Gasteiger charge is -2.24. The molecule has 1 fully saturated rings. The summed E-state index contributed by atoms with van der Waals surface area (Å²) < 4.78 is 27.7. The average Bonchev–Trinajstić information content (AvgIpc) is 2.41. The lowest BCUT2D eigenvalue weighted by Crippen LogP contribution is -2.42. The first kappa shape index (κ1) is 15.9. The number of nitrogens with zero attached hydrogens (tertiary/aromatic N) is 1. The van der Waals surface area contributed by atoms with Crippen molar-refractivity contribution in [2.24, 2.45) is 0 Å². The molecule has 0 bridgehead atoms. The van der Waals surface area contributed by atoms with Crippen LogP contribution in [-0.4, -0.2) is 32.5 Å². The Bertz CT molecular complexity index is 652. The summed E-state index contributed by atoms with van der Waals surface area (Å²) in [6.45, 7) is 4.81. The lowest BCUT2D eigenvalue weighted by molar-refractivity contribution is -0.387. The van der Waals surface area contributed by atoms with Gasteiger partial charge in [0, 0.05) is 12.1 Å². The first-order chi connectivity index (χ1) is 9.83. The molecule has 21 heavy (non-hydrogen) atoms. The summed E-state index contributed by atoms with van der Waals surface area (Å²) in [5, 5.41) is 14.3. The van der Waals surface area contributed by atoms with E-state index in [1.807, 2.05) is 0 Å². The van der Waals surface area contributed by atoms with Gasteiger partial charge < -0.3 is 5.32 Å². The molecule has 0 aliphatic carbocycles. The van der Waals surface area contributed by atoms with E-state index < -0.39 is 14.9 Å². The van der Waals surface area contributed by atoms with E-state index in [4.69, 9.17) is 0 Å². The summed E-state index contributed by atoms with van der Waals surface area (Å²) in [5.74, 6) is 0. The Balaban J connectivity index is 2.43. The molecule has 0 aromatic heterocycles. The van der Waals surface area contributed by atoms with Crippen molar-refractivity contribution >= 4 is 15.7 Å². The lowest BCUT2D eigenvalue weighted by atomic mass is 10.1. The molecule has 2 N–H and O–H groups in total. The maximum absolute atomic E-state index is 12.6. The van der Waals surface area contributed by atoms with Gasteiger partial charge in [-0.1, -0.05) is 6.07 Å². The van der Waals surface area contributed by atoms with Crippen LogP contribution >= 0.6 is 0 Å². The summed E-state index contributed by atoms with van der Waals surface area (Å²) in [6, 6.07) is 2.63. The maximum Gasteiger partial charge on any atom is 0.289 e. The minimum absolute atomic E-state index is 0.184. The summed E-state index contributed by atoms with van der Waals surface area (Å²) in [7, 11) is -3.91. The fourth-order valence-corrected chi connectivity index (χ4v) is 4.25. The molecule has 0 spiro atoms. The van der Waals surface area contributed by atoms with Crippen molar-refractivity contribution in [1.29, 1.82) is 0 Å². The van der Waals surface area contributed by atoms with Crippen LogP contribution in [0, 0.1) is 24.0 Å². The molecule has 2 rings (SSSR count). The molecular formula is C13H19N3O4S. The van der Waals surface area contributed by atoms with Crippen molar-refractivity contribution in [3.8, 4) is 0 Å². The van der Waals surface area contributed by atoms with E-state index in [-0.39, 0.29) is 16.6 Å². The highest BCUT2D eigenvalue weighted by Crippen LogP contribution is 2.29. The maximum atomic E-state index is 12.6. The predicted molar refractivity (Wildman–Crippen MR) is 78.8 cm³/mol. The van der Waals surface area contributed by atoms with Gasteiger partial charge in [0.05, 0.1) is 4.92 Å². The normalized spacial score (nSPS) is 16.9. The molecule has 1 aliphatic heterocycles. The van der Waals surface area contributed by atoms with Crippen LogP contribution in [0.5, 0.6) is 0 Å². The Morgan fingerprint density at radius 1 is 1.29 bits per heavy atom. The fraction of sp³-hybridized carbons (Fsp3) is 0.538. The number of nitrogens with one attached hydrogen (secondary N) is 2. The third-order valence-electron chi connectivity index (χ3n) is 3.78. The van der Waals surface area contributed by atoms with E-state index in [1.54, 1.807) is 19.9 Å². The summed E-state index contributed by atoms with van der Waals surface area (Å²) in [5.41, 5.74) is 0.761. The van der Waals surface area contributed by atoms with Gasteiger partial charge in [0.25, 0.3) is 5.69 Å². The molecule has 8 heteroatoms. The van der Waals surface area contributed by atoms with E-state index in [9.17, 15) is 18.5 Å². The van der Waals surface area contributed by atoms with Gasteiger partial charge in [-0.15, -0.1) is 0 Å². The molecule has 116 valence electrons. The SMILES string of the molecule is Cc1ccc([N+](=O)[O-])c(S(=O)(=O)NC2CCNCC2)c1C. The number of hydrogen-bond acceptors (Lipinski definition) is 5. The first-order valence-electron chi connectivity index (χ1n) is 6.80. The van der Waals surface area contributed by atoms with Crippen molar-refractivity contribution in [2.45, 2.75) is 37.6 Å². The number of nitro groups is 1. The number of benzene rings is 1. The predicted octanol–water partition coefficient (Wildman–Crippen LogP) is 1.24. The summed E-state index contributed by atoms with van der Waals surface area (Å²) >= 11 is 0.